The number of alkyl halides is 3. The lowest BCUT2D eigenvalue weighted by Gasteiger charge is -2.38. The van der Waals surface area contributed by atoms with E-state index in [0.29, 0.717) is 6.61 Å². The molecule has 2 aliphatic rings. The van der Waals surface area contributed by atoms with Crippen molar-refractivity contribution in [2.75, 3.05) is 40.4 Å². The number of nitrogens with zero attached hydrogens (tertiary/aromatic N) is 2. The summed E-state index contributed by atoms with van der Waals surface area (Å²) in [5.41, 5.74) is -0.0300. The molecule has 0 bridgehead atoms. The third-order valence-electron chi connectivity index (χ3n) is 5.09. The summed E-state index contributed by atoms with van der Waals surface area (Å²) in [6.07, 6.45) is -2.00. The van der Waals surface area contributed by atoms with Gasteiger partial charge in [0.05, 0.1) is 18.3 Å². The minimum Gasteiger partial charge on any atom is -0.475 e. The van der Waals surface area contributed by atoms with E-state index in [1.807, 2.05) is 11.3 Å². The number of aliphatic carboxylic acids is 1. The van der Waals surface area contributed by atoms with E-state index in [9.17, 15) is 18.0 Å². The second kappa shape index (κ2) is 10.6. The molecule has 0 aromatic carbocycles. The number of amides is 1. The van der Waals surface area contributed by atoms with E-state index >= 15 is 0 Å². The van der Waals surface area contributed by atoms with Crippen LogP contribution >= 0.6 is 11.3 Å². The Kier molecular flexibility index (Phi) is 8.65. The zero-order valence-electron chi connectivity index (χ0n) is 17.0. The largest absolute Gasteiger partial charge is 0.490 e. The lowest BCUT2D eigenvalue weighted by molar-refractivity contribution is -0.192. The summed E-state index contributed by atoms with van der Waals surface area (Å²) in [4.78, 5) is 26.0. The number of thiophene rings is 1. The maximum atomic E-state index is 11.6. The van der Waals surface area contributed by atoms with Crippen LogP contribution in [0.2, 0.25) is 0 Å². The molecule has 2 aliphatic heterocycles. The van der Waals surface area contributed by atoms with Crippen LogP contribution in [0.4, 0.5) is 13.2 Å². The first-order chi connectivity index (χ1) is 14.0. The Labute approximate surface area is 177 Å². The van der Waals surface area contributed by atoms with Crippen LogP contribution in [0, 0.1) is 0 Å². The van der Waals surface area contributed by atoms with Crippen LogP contribution < -0.4 is 0 Å². The van der Waals surface area contributed by atoms with Crippen molar-refractivity contribution < 1.29 is 37.3 Å². The van der Waals surface area contributed by atoms with Crippen LogP contribution in [0.15, 0.2) is 17.5 Å². The number of hydrogen-bond acceptors (Lipinski definition) is 6. The zero-order chi connectivity index (χ0) is 22.4. The summed E-state index contributed by atoms with van der Waals surface area (Å²) in [6.45, 7) is 3.96. The average molecular weight is 452 g/mol. The summed E-state index contributed by atoms with van der Waals surface area (Å²) in [5.74, 6) is -2.75. The van der Waals surface area contributed by atoms with Crippen LogP contribution in [0.5, 0.6) is 0 Å². The molecule has 1 amide bonds. The van der Waals surface area contributed by atoms with Crippen molar-refractivity contribution in [3.05, 3.63) is 22.4 Å². The van der Waals surface area contributed by atoms with Gasteiger partial charge < -0.3 is 19.5 Å². The quantitative estimate of drug-likeness (QED) is 0.740. The molecule has 2 saturated heterocycles. The molecule has 1 N–H and O–H groups in total. The lowest BCUT2D eigenvalue weighted by Crippen LogP contribution is -2.43. The van der Waals surface area contributed by atoms with Gasteiger partial charge >= 0.3 is 12.1 Å². The monoisotopic (exact) mass is 452 g/mol. The van der Waals surface area contributed by atoms with Crippen LogP contribution in [0.25, 0.3) is 0 Å². The van der Waals surface area contributed by atoms with Gasteiger partial charge in [-0.15, -0.1) is 11.3 Å². The number of likely N-dealkylation sites (N-methyl/N-ethyl adjacent to an activating group) is 1. The molecule has 3 rings (SSSR count). The fourth-order valence-corrected chi connectivity index (χ4v) is 4.06. The lowest BCUT2D eigenvalue weighted by atomic mass is 9.88. The van der Waals surface area contributed by atoms with Crippen LogP contribution in [0.1, 0.15) is 24.1 Å². The highest BCUT2D eigenvalue weighted by Gasteiger charge is 2.43. The molecule has 1 aromatic rings. The Hall–Kier alpha value is -1.69. The Balaban J connectivity index is 0.000000396. The van der Waals surface area contributed by atoms with Gasteiger partial charge in [0.25, 0.3) is 0 Å². The summed E-state index contributed by atoms with van der Waals surface area (Å²) in [7, 11) is 3.50. The average Bonchev–Trinajstić information content (AvgIpc) is 3.32. The molecule has 2 fully saturated rings. The number of carbonyl (C=O) groups is 2. The molecular weight excluding hydrogens is 425 g/mol. The highest BCUT2D eigenvalue weighted by Crippen LogP contribution is 2.37. The smallest absolute Gasteiger partial charge is 0.475 e. The third-order valence-corrected chi connectivity index (χ3v) is 5.95. The molecule has 11 heteroatoms. The number of halogens is 3. The summed E-state index contributed by atoms with van der Waals surface area (Å²) in [6, 6.07) is 4.31. The molecule has 1 aromatic heterocycles. The van der Waals surface area contributed by atoms with Gasteiger partial charge in [0.1, 0.15) is 6.61 Å². The molecule has 170 valence electrons. The Morgan fingerprint density at radius 1 is 1.37 bits per heavy atom. The van der Waals surface area contributed by atoms with E-state index in [0.717, 1.165) is 38.9 Å². The van der Waals surface area contributed by atoms with E-state index in [4.69, 9.17) is 19.4 Å². The molecule has 3 heterocycles. The number of piperidine rings is 1. The molecule has 30 heavy (non-hydrogen) atoms. The Morgan fingerprint density at radius 2 is 2.00 bits per heavy atom. The highest BCUT2D eigenvalue weighted by molar-refractivity contribution is 7.09. The number of hydrogen-bond donors (Lipinski definition) is 1. The van der Waals surface area contributed by atoms with E-state index in [2.05, 4.69) is 22.4 Å². The van der Waals surface area contributed by atoms with Crippen molar-refractivity contribution in [3.8, 4) is 0 Å². The maximum Gasteiger partial charge on any atom is 0.490 e. The highest BCUT2D eigenvalue weighted by atomic mass is 32.1. The maximum absolute atomic E-state index is 11.6. The van der Waals surface area contributed by atoms with Crippen LogP contribution in [-0.4, -0.2) is 85.1 Å². The molecule has 1 spiro atoms. The SMILES string of the molecule is CN(C)C(=O)COC1COC2(CCN(Cc3cccs3)CC2)C1.O=C(O)C(F)(F)F. The topological polar surface area (TPSA) is 79.3 Å². The number of carboxylic acid groups (broad SMARTS) is 1. The first kappa shape index (κ1) is 24.6. The Bertz CT molecular complexity index is 689. The second-order valence-corrected chi connectivity index (χ2v) is 8.61. The Morgan fingerprint density at radius 3 is 2.50 bits per heavy atom. The predicted molar refractivity (Wildman–Crippen MR) is 104 cm³/mol. The van der Waals surface area contributed by atoms with Crippen LogP contribution in [-0.2, 0) is 25.6 Å². The van der Waals surface area contributed by atoms with Crippen molar-refractivity contribution in [1.82, 2.24) is 9.80 Å². The number of likely N-dealkylation sites (tertiary alicyclic amines) is 1. The number of rotatable bonds is 5. The van der Waals surface area contributed by atoms with Crippen molar-refractivity contribution in [2.45, 2.75) is 43.7 Å². The normalized spacial score (nSPS) is 21.2. The van der Waals surface area contributed by atoms with Gasteiger partial charge in [-0.25, -0.2) is 4.79 Å². The van der Waals surface area contributed by atoms with Gasteiger partial charge in [0.15, 0.2) is 0 Å². The van der Waals surface area contributed by atoms with Crippen molar-refractivity contribution in [3.63, 3.8) is 0 Å². The number of ether oxygens (including phenoxy) is 2. The zero-order valence-corrected chi connectivity index (χ0v) is 17.8. The molecule has 0 radical (unpaired) electrons. The standard InChI is InChI=1S/C17H26N2O3S.C2HF3O2/c1-18(2)16(20)13-21-14-10-17(22-12-14)5-7-19(8-6-17)11-15-4-3-9-23-15;3-2(4,5)1(6)7/h3-4,9,14H,5-8,10-13H2,1-2H3;(H,6,7). The van der Waals surface area contributed by atoms with Crippen molar-refractivity contribution in [2.24, 2.45) is 0 Å². The van der Waals surface area contributed by atoms with Gasteiger partial charge in [-0.2, -0.15) is 13.2 Å². The number of carboxylic acids is 1. The van der Waals surface area contributed by atoms with Gasteiger partial charge in [-0.3, -0.25) is 9.69 Å². The molecule has 1 unspecified atom stereocenters. The molecule has 0 saturated carbocycles. The summed E-state index contributed by atoms with van der Waals surface area (Å²) >= 11 is 1.82. The second-order valence-electron chi connectivity index (χ2n) is 7.58. The molecule has 1 atom stereocenters. The summed E-state index contributed by atoms with van der Waals surface area (Å²) in [5, 5.41) is 9.26. The molecule has 7 nitrogen and oxygen atoms in total. The van der Waals surface area contributed by atoms with E-state index < -0.39 is 12.1 Å². The summed E-state index contributed by atoms with van der Waals surface area (Å²) < 4.78 is 43.6. The van der Waals surface area contributed by atoms with Crippen LogP contribution in [0.3, 0.4) is 0 Å². The predicted octanol–water partition coefficient (Wildman–Crippen LogP) is 2.61. The van der Waals surface area contributed by atoms with Crippen molar-refractivity contribution in [1.29, 1.82) is 0 Å². The third kappa shape index (κ3) is 7.53. The number of carbonyl (C=O) groups excluding carboxylic acids is 1. The van der Waals surface area contributed by atoms with Gasteiger partial charge in [-0.05, 0) is 24.3 Å². The molecular formula is C19H27F3N2O5S. The van der Waals surface area contributed by atoms with E-state index in [1.54, 1.807) is 19.0 Å². The van der Waals surface area contributed by atoms with Gasteiger partial charge in [-0.1, -0.05) is 6.07 Å². The minimum atomic E-state index is -5.08. The minimum absolute atomic E-state index is 0.0108. The van der Waals surface area contributed by atoms with Crippen molar-refractivity contribution >= 4 is 23.2 Å². The van der Waals surface area contributed by atoms with E-state index in [-0.39, 0.29) is 24.2 Å². The molecule has 0 aliphatic carbocycles. The fraction of sp³-hybridized carbons (Fsp3) is 0.684. The van der Waals surface area contributed by atoms with Gasteiger partial charge in [0.2, 0.25) is 5.91 Å². The fourth-order valence-electron chi connectivity index (χ4n) is 3.32. The first-order valence-electron chi connectivity index (χ1n) is 9.51. The van der Waals surface area contributed by atoms with E-state index in [1.165, 1.54) is 4.88 Å². The first-order valence-corrected chi connectivity index (χ1v) is 10.4. The van der Waals surface area contributed by atoms with Gasteiger partial charge in [0, 0.05) is 45.0 Å².